The number of aliphatic hydroxyl groups is 1. The van der Waals surface area contributed by atoms with Crippen LogP contribution in [0.15, 0.2) is 48.5 Å². The first-order valence-electron chi connectivity index (χ1n) is 11.2. The predicted molar refractivity (Wildman–Crippen MR) is 122 cm³/mol. The fourth-order valence-corrected chi connectivity index (χ4v) is 4.59. The average molecular weight is 413 g/mol. The fourth-order valence-electron chi connectivity index (χ4n) is 4.59. The lowest BCUT2D eigenvalue weighted by Gasteiger charge is -2.43. The zero-order valence-electron chi connectivity index (χ0n) is 19.1. The van der Waals surface area contributed by atoms with Crippen molar-refractivity contribution in [1.82, 2.24) is 0 Å². The average Bonchev–Trinajstić information content (AvgIpc) is 2.72. The summed E-state index contributed by atoms with van der Waals surface area (Å²) in [5.41, 5.74) is 2.38. The monoisotopic (exact) mass is 412 g/mol. The molecule has 1 fully saturated rings. The van der Waals surface area contributed by atoms with Gasteiger partial charge >= 0.3 is 0 Å². The zero-order valence-corrected chi connectivity index (χ0v) is 19.1. The van der Waals surface area contributed by atoms with Gasteiger partial charge in [0.25, 0.3) is 0 Å². The number of aliphatic hydroxyl groups excluding tert-OH is 1. The van der Waals surface area contributed by atoms with Gasteiger partial charge in [0.1, 0.15) is 37.3 Å². The Balaban J connectivity index is 1.68. The number of nitrogens with zero attached hydrogens (tertiary/aromatic N) is 1. The quantitative estimate of drug-likeness (QED) is 0.625. The highest BCUT2D eigenvalue weighted by atomic mass is 16.5. The summed E-state index contributed by atoms with van der Waals surface area (Å²) < 4.78 is 12.5. The lowest BCUT2D eigenvalue weighted by atomic mass is 9.86. The van der Waals surface area contributed by atoms with Crippen molar-refractivity contribution in [3.63, 3.8) is 0 Å². The van der Waals surface area contributed by atoms with E-state index >= 15 is 0 Å². The summed E-state index contributed by atoms with van der Waals surface area (Å²) in [6, 6.07) is 16.6. The standard InChI is InChI=1S/C26H38NO3/c1-26(2,3)24-17-23(29-4)13-14-25(24)30-20-22(28)19-27(15-9-6-10-16-27)18-21-11-7-5-8-12-21/h5,7-8,11-14,17,22,28H,6,9-10,15-16,18-20H2,1-4H3/q+1/t22-/m0/s1. The van der Waals surface area contributed by atoms with Crippen molar-refractivity contribution in [2.75, 3.05) is 33.4 Å². The second kappa shape index (κ2) is 9.84. The van der Waals surface area contributed by atoms with Crippen LogP contribution in [0.1, 0.15) is 51.2 Å². The SMILES string of the molecule is COc1ccc(OC[C@@H](O)C[N+]2(Cc3ccccc3)CCCCC2)c(C(C)(C)C)c1. The topological polar surface area (TPSA) is 38.7 Å². The first-order valence-corrected chi connectivity index (χ1v) is 11.2. The lowest BCUT2D eigenvalue weighted by Crippen LogP contribution is -2.55. The van der Waals surface area contributed by atoms with Crippen LogP contribution in [0.2, 0.25) is 0 Å². The summed E-state index contributed by atoms with van der Waals surface area (Å²) in [5, 5.41) is 10.9. The van der Waals surface area contributed by atoms with E-state index in [1.165, 1.54) is 24.8 Å². The van der Waals surface area contributed by atoms with Crippen LogP contribution >= 0.6 is 0 Å². The Morgan fingerprint density at radius 3 is 2.33 bits per heavy atom. The Labute approximate surface area is 182 Å². The Kier molecular flexibility index (Phi) is 7.43. The summed E-state index contributed by atoms with van der Waals surface area (Å²) in [4.78, 5) is 0. The van der Waals surface area contributed by atoms with Crippen LogP contribution in [0, 0.1) is 0 Å². The van der Waals surface area contributed by atoms with Crippen molar-refractivity contribution < 1.29 is 19.1 Å². The van der Waals surface area contributed by atoms with Gasteiger partial charge in [-0.25, -0.2) is 0 Å². The number of hydrogen-bond donors (Lipinski definition) is 1. The molecule has 1 heterocycles. The van der Waals surface area contributed by atoms with E-state index in [2.05, 4.69) is 51.1 Å². The summed E-state index contributed by atoms with van der Waals surface area (Å²) >= 11 is 0. The van der Waals surface area contributed by atoms with Crippen molar-refractivity contribution in [3.05, 3.63) is 59.7 Å². The lowest BCUT2D eigenvalue weighted by molar-refractivity contribution is -0.947. The van der Waals surface area contributed by atoms with Crippen molar-refractivity contribution in [1.29, 1.82) is 0 Å². The van der Waals surface area contributed by atoms with Gasteiger partial charge in [0.05, 0.1) is 20.2 Å². The molecule has 3 rings (SSSR count). The minimum atomic E-state index is -0.498. The second-order valence-corrected chi connectivity index (χ2v) is 9.75. The van der Waals surface area contributed by atoms with Gasteiger partial charge in [0.15, 0.2) is 0 Å². The Morgan fingerprint density at radius 1 is 1.00 bits per heavy atom. The van der Waals surface area contributed by atoms with Crippen LogP contribution in [0.5, 0.6) is 11.5 Å². The summed E-state index contributed by atoms with van der Waals surface area (Å²) in [6.45, 7) is 10.8. The molecular weight excluding hydrogens is 374 g/mol. The molecule has 0 saturated carbocycles. The molecular formula is C26H38NO3+. The van der Waals surface area contributed by atoms with Crippen LogP contribution in [0.25, 0.3) is 0 Å². The van der Waals surface area contributed by atoms with Gasteiger partial charge in [-0.1, -0.05) is 51.1 Å². The highest BCUT2D eigenvalue weighted by molar-refractivity contribution is 5.44. The third kappa shape index (κ3) is 5.99. The Morgan fingerprint density at radius 2 is 1.70 bits per heavy atom. The van der Waals surface area contributed by atoms with Crippen molar-refractivity contribution in [2.45, 2.75) is 58.1 Å². The largest absolute Gasteiger partial charge is 0.497 e. The number of hydrogen-bond acceptors (Lipinski definition) is 3. The summed E-state index contributed by atoms with van der Waals surface area (Å²) in [6.07, 6.45) is 3.25. The molecule has 2 aromatic carbocycles. The third-order valence-electron chi connectivity index (χ3n) is 6.15. The zero-order chi connectivity index (χ0) is 21.6. The highest BCUT2D eigenvalue weighted by Crippen LogP contribution is 2.34. The molecule has 30 heavy (non-hydrogen) atoms. The first kappa shape index (κ1) is 22.6. The number of piperidine rings is 1. The van der Waals surface area contributed by atoms with Gasteiger partial charge in [0, 0.05) is 11.1 Å². The third-order valence-corrected chi connectivity index (χ3v) is 6.15. The molecule has 4 heteroatoms. The van der Waals surface area contributed by atoms with E-state index in [-0.39, 0.29) is 5.41 Å². The molecule has 0 aliphatic carbocycles. The number of methoxy groups -OCH3 is 1. The molecule has 1 aliphatic heterocycles. The van der Waals surface area contributed by atoms with Gasteiger partial charge in [-0.3, -0.25) is 0 Å². The van der Waals surface area contributed by atoms with E-state index in [9.17, 15) is 5.11 Å². The van der Waals surface area contributed by atoms with E-state index in [0.29, 0.717) is 6.61 Å². The minimum absolute atomic E-state index is 0.0667. The van der Waals surface area contributed by atoms with Gasteiger partial charge in [-0.15, -0.1) is 0 Å². The Hall–Kier alpha value is -2.04. The second-order valence-electron chi connectivity index (χ2n) is 9.75. The van der Waals surface area contributed by atoms with Gasteiger partial charge in [-0.2, -0.15) is 0 Å². The molecule has 1 atom stereocenters. The van der Waals surface area contributed by atoms with Crippen LogP contribution < -0.4 is 9.47 Å². The van der Waals surface area contributed by atoms with Gasteiger partial charge in [0.2, 0.25) is 0 Å². The van der Waals surface area contributed by atoms with Crippen LogP contribution in [-0.4, -0.2) is 49.0 Å². The molecule has 4 nitrogen and oxygen atoms in total. The van der Waals surface area contributed by atoms with Gasteiger partial charge in [-0.05, 0) is 42.9 Å². The normalized spacial score (nSPS) is 17.4. The van der Waals surface area contributed by atoms with Crippen molar-refractivity contribution in [3.8, 4) is 11.5 Å². The molecule has 1 saturated heterocycles. The Bertz CT molecular complexity index is 792. The maximum absolute atomic E-state index is 10.9. The minimum Gasteiger partial charge on any atom is -0.497 e. The fraction of sp³-hybridized carbons (Fsp3) is 0.538. The van der Waals surface area contributed by atoms with Crippen LogP contribution in [0.4, 0.5) is 0 Å². The van der Waals surface area contributed by atoms with E-state index < -0.39 is 6.10 Å². The van der Waals surface area contributed by atoms with Gasteiger partial charge < -0.3 is 19.1 Å². The molecule has 0 radical (unpaired) electrons. The molecule has 0 bridgehead atoms. The molecule has 0 spiro atoms. The molecule has 164 valence electrons. The molecule has 1 N–H and O–H groups in total. The van der Waals surface area contributed by atoms with E-state index in [1.807, 2.05) is 18.2 Å². The summed E-state index contributed by atoms with van der Waals surface area (Å²) in [5.74, 6) is 1.66. The van der Waals surface area contributed by atoms with Crippen LogP contribution in [-0.2, 0) is 12.0 Å². The van der Waals surface area contributed by atoms with Crippen molar-refractivity contribution in [2.24, 2.45) is 0 Å². The maximum Gasteiger partial charge on any atom is 0.137 e. The molecule has 0 amide bonds. The maximum atomic E-state index is 10.9. The number of rotatable bonds is 8. The van der Waals surface area contributed by atoms with E-state index in [4.69, 9.17) is 9.47 Å². The highest BCUT2D eigenvalue weighted by Gasteiger charge is 2.33. The predicted octanol–water partition coefficient (Wildman–Crippen LogP) is 4.93. The molecule has 2 aromatic rings. The summed E-state index contributed by atoms with van der Waals surface area (Å²) in [7, 11) is 1.68. The number of benzene rings is 2. The van der Waals surface area contributed by atoms with E-state index in [0.717, 1.165) is 47.7 Å². The number of quaternary nitrogens is 1. The van der Waals surface area contributed by atoms with Crippen LogP contribution in [0.3, 0.4) is 0 Å². The molecule has 0 unspecified atom stereocenters. The first-order chi connectivity index (χ1) is 14.3. The number of likely N-dealkylation sites (tertiary alicyclic amines) is 1. The smallest absolute Gasteiger partial charge is 0.137 e. The number of ether oxygens (including phenoxy) is 2. The molecule has 0 aromatic heterocycles. The van der Waals surface area contributed by atoms with Crippen molar-refractivity contribution >= 4 is 0 Å². The van der Waals surface area contributed by atoms with E-state index in [1.54, 1.807) is 7.11 Å². The molecule has 1 aliphatic rings.